The molecule has 1 N–H and O–H groups in total. The van der Waals surface area contributed by atoms with Crippen molar-refractivity contribution in [3.05, 3.63) is 0 Å². The average Bonchev–Trinajstić information content (AvgIpc) is 3.19. The highest BCUT2D eigenvalue weighted by Gasteiger charge is 2.30. The number of carbonyl (C=O) groups excluding carboxylic acids is 1. The lowest BCUT2D eigenvalue weighted by molar-refractivity contribution is -0.137. The Kier molecular flexibility index (Phi) is 4.40. The van der Waals surface area contributed by atoms with Gasteiger partial charge in [-0.25, -0.2) is 0 Å². The summed E-state index contributed by atoms with van der Waals surface area (Å²) in [7, 11) is 0. The predicted octanol–water partition coefficient (Wildman–Crippen LogP) is 0.539. The van der Waals surface area contributed by atoms with Crippen LogP contribution in [0.2, 0.25) is 0 Å². The fourth-order valence-electron chi connectivity index (χ4n) is 2.50. The van der Waals surface area contributed by atoms with E-state index in [0.29, 0.717) is 5.91 Å². The SMILES string of the molecule is CCN(CC1CC1)C(C)C(=O)N1CCNCC1. The van der Waals surface area contributed by atoms with Crippen LogP contribution in [0.5, 0.6) is 0 Å². The molecular weight excluding hydrogens is 214 g/mol. The van der Waals surface area contributed by atoms with E-state index in [1.54, 1.807) is 0 Å². The van der Waals surface area contributed by atoms with Crippen molar-refractivity contribution in [1.82, 2.24) is 15.1 Å². The summed E-state index contributed by atoms with van der Waals surface area (Å²) in [4.78, 5) is 16.7. The third kappa shape index (κ3) is 3.42. The largest absolute Gasteiger partial charge is 0.339 e. The smallest absolute Gasteiger partial charge is 0.239 e. The molecule has 0 aromatic carbocycles. The number of rotatable bonds is 5. The number of nitrogens with one attached hydrogen (secondary N) is 1. The molecule has 0 aromatic rings. The Labute approximate surface area is 104 Å². The summed E-state index contributed by atoms with van der Waals surface area (Å²) in [6.45, 7) is 9.92. The fourth-order valence-corrected chi connectivity index (χ4v) is 2.50. The van der Waals surface area contributed by atoms with Gasteiger partial charge >= 0.3 is 0 Å². The molecule has 4 heteroatoms. The van der Waals surface area contributed by atoms with E-state index in [1.165, 1.54) is 12.8 Å². The number of likely N-dealkylation sites (N-methyl/N-ethyl adjacent to an activating group) is 1. The molecule has 0 spiro atoms. The monoisotopic (exact) mass is 239 g/mol. The van der Waals surface area contributed by atoms with Crippen molar-refractivity contribution in [2.75, 3.05) is 39.3 Å². The summed E-state index contributed by atoms with van der Waals surface area (Å²) in [6.07, 6.45) is 2.70. The topological polar surface area (TPSA) is 35.6 Å². The minimum Gasteiger partial charge on any atom is -0.339 e. The van der Waals surface area contributed by atoms with Crippen LogP contribution in [-0.4, -0.2) is 61.0 Å². The molecule has 1 saturated carbocycles. The van der Waals surface area contributed by atoms with Crippen LogP contribution in [0.3, 0.4) is 0 Å². The van der Waals surface area contributed by atoms with Crippen LogP contribution in [0.25, 0.3) is 0 Å². The van der Waals surface area contributed by atoms with Crippen molar-refractivity contribution >= 4 is 5.91 Å². The van der Waals surface area contributed by atoms with Crippen LogP contribution in [-0.2, 0) is 4.79 Å². The Morgan fingerprint density at radius 3 is 2.59 bits per heavy atom. The van der Waals surface area contributed by atoms with Gasteiger partial charge in [0.25, 0.3) is 0 Å². The number of hydrogen-bond acceptors (Lipinski definition) is 3. The maximum Gasteiger partial charge on any atom is 0.239 e. The summed E-state index contributed by atoms with van der Waals surface area (Å²) in [5.74, 6) is 1.17. The molecule has 2 rings (SSSR count). The molecule has 1 aliphatic heterocycles. The van der Waals surface area contributed by atoms with Crippen LogP contribution in [0.1, 0.15) is 26.7 Å². The lowest BCUT2D eigenvalue weighted by atomic mass is 10.2. The van der Waals surface area contributed by atoms with Gasteiger partial charge < -0.3 is 10.2 Å². The Bertz CT molecular complexity index is 259. The Hall–Kier alpha value is -0.610. The van der Waals surface area contributed by atoms with Crippen LogP contribution >= 0.6 is 0 Å². The van der Waals surface area contributed by atoms with E-state index in [9.17, 15) is 4.79 Å². The normalized spacial score (nSPS) is 22.9. The van der Waals surface area contributed by atoms with E-state index in [4.69, 9.17) is 0 Å². The number of hydrogen-bond donors (Lipinski definition) is 1. The third-order valence-electron chi connectivity index (χ3n) is 3.93. The molecule has 0 radical (unpaired) electrons. The van der Waals surface area contributed by atoms with Crippen LogP contribution in [0.15, 0.2) is 0 Å². The van der Waals surface area contributed by atoms with E-state index in [-0.39, 0.29) is 6.04 Å². The van der Waals surface area contributed by atoms with Gasteiger partial charge in [-0.2, -0.15) is 0 Å². The quantitative estimate of drug-likeness (QED) is 0.760. The molecule has 0 bridgehead atoms. The van der Waals surface area contributed by atoms with Gasteiger partial charge in [0.1, 0.15) is 0 Å². The van der Waals surface area contributed by atoms with Crippen molar-refractivity contribution in [3.63, 3.8) is 0 Å². The van der Waals surface area contributed by atoms with Gasteiger partial charge in [-0.3, -0.25) is 9.69 Å². The third-order valence-corrected chi connectivity index (χ3v) is 3.93. The highest BCUT2D eigenvalue weighted by Crippen LogP contribution is 2.30. The second-order valence-corrected chi connectivity index (χ2v) is 5.28. The first-order valence-electron chi connectivity index (χ1n) is 6.96. The van der Waals surface area contributed by atoms with Gasteiger partial charge in [-0.05, 0) is 32.2 Å². The van der Waals surface area contributed by atoms with Crippen LogP contribution in [0.4, 0.5) is 0 Å². The Morgan fingerprint density at radius 2 is 2.06 bits per heavy atom. The van der Waals surface area contributed by atoms with E-state index in [2.05, 4.69) is 24.1 Å². The molecule has 1 heterocycles. The Morgan fingerprint density at radius 1 is 1.41 bits per heavy atom. The fraction of sp³-hybridized carbons (Fsp3) is 0.923. The van der Waals surface area contributed by atoms with Crippen molar-refractivity contribution < 1.29 is 4.79 Å². The molecular formula is C13H25N3O. The lowest BCUT2D eigenvalue weighted by Crippen LogP contribution is -2.53. The van der Waals surface area contributed by atoms with Gasteiger partial charge in [0.15, 0.2) is 0 Å². The first-order valence-corrected chi connectivity index (χ1v) is 6.96. The summed E-state index contributed by atoms with van der Waals surface area (Å²) in [5, 5.41) is 3.29. The van der Waals surface area contributed by atoms with Gasteiger partial charge in [0.05, 0.1) is 6.04 Å². The van der Waals surface area contributed by atoms with E-state index < -0.39 is 0 Å². The molecule has 1 aliphatic carbocycles. The van der Waals surface area contributed by atoms with Crippen LogP contribution < -0.4 is 5.32 Å². The van der Waals surface area contributed by atoms with Crippen molar-refractivity contribution in [1.29, 1.82) is 0 Å². The predicted molar refractivity (Wildman–Crippen MR) is 68.9 cm³/mol. The maximum absolute atomic E-state index is 12.4. The van der Waals surface area contributed by atoms with Crippen molar-refractivity contribution in [2.45, 2.75) is 32.7 Å². The molecule has 1 unspecified atom stereocenters. The summed E-state index contributed by atoms with van der Waals surface area (Å²) >= 11 is 0. The summed E-state index contributed by atoms with van der Waals surface area (Å²) in [6, 6.07) is 0.0544. The summed E-state index contributed by atoms with van der Waals surface area (Å²) < 4.78 is 0. The van der Waals surface area contributed by atoms with E-state index in [0.717, 1.165) is 45.2 Å². The molecule has 4 nitrogen and oxygen atoms in total. The zero-order valence-electron chi connectivity index (χ0n) is 11.1. The highest BCUT2D eigenvalue weighted by molar-refractivity contribution is 5.81. The van der Waals surface area contributed by atoms with Gasteiger partial charge in [0, 0.05) is 32.7 Å². The molecule has 1 atom stereocenters. The standard InChI is InChI=1S/C13H25N3O/c1-3-15(10-12-4-5-12)11(2)13(17)16-8-6-14-7-9-16/h11-12,14H,3-10H2,1-2H3. The van der Waals surface area contributed by atoms with E-state index >= 15 is 0 Å². The maximum atomic E-state index is 12.4. The van der Waals surface area contributed by atoms with Gasteiger partial charge in [-0.15, -0.1) is 0 Å². The minimum atomic E-state index is 0.0544. The second-order valence-electron chi connectivity index (χ2n) is 5.28. The lowest BCUT2D eigenvalue weighted by Gasteiger charge is -2.34. The zero-order chi connectivity index (χ0) is 12.3. The average molecular weight is 239 g/mol. The van der Waals surface area contributed by atoms with Gasteiger partial charge in [0.2, 0.25) is 5.91 Å². The molecule has 1 saturated heterocycles. The highest BCUT2D eigenvalue weighted by atomic mass is 16.2. The first kappa shape index (κ1) is 12.8. The first-order chi connectivity index (χ1) is 8.22. The number of amides is 1. The zero-order valence-corrected chi connectivity index (χ0v) is 11.1. The molecule has 98 valence electrons. The number of carbonyl (C=O) groups is 1. The molecule has 17 heavy (non-hydrogen) atoms. The number of piperazine rings is 1. The minimum absolute atomic E-state index is 0.0544. The molecule has 2 fully saturated rings. The molecule has 0 aromatic heterocycles. The van der Waals surface area contributed by atoms with Crippen molar-refractivity contribution in [2.24, 2.45) is 5.92 Å². The summed E-state index contributed by atoms with van der Waals surface area (Å²) in [5.41, 5.74) is 0. The van der Waals surface area contributed by atoms with Gasteiger partial charge in [-0.1, -0.05) is 6.92 Å². The molecule has 2 aliphatic rings. The second kappa shape index (κ2) is 5.83. The Balaban J connectivity index is 1.86. The van der Waals surface area contributed by atoms with E-state index in [1.807, 2.05) is 4.90 Å². The van der Waals surface area contributed by atoms with Crippen molar-refractivity contribution in [3.8, 4) is 0 Å². The van der Waals surface area contributed by atoms with Crippen LogP contribution in [0, 0.1) is 5.92 Å². The number of nitrogens with zero attached hydrogens (tertiary/aromatic N) is 2. The molecule has 1 amide bonds.